The molecule has 6 aliphatic heterocycles. The summed E-state index contributed by atoms with van der Waals surface area (Å²) < 4.78 is 17.1. The van der Waals surface area contributed by atoms with E-state index in [9.17, 15) is 19.2 Å². The quantitative estimate of drug-likeness (QED) is 0.131. The molecule has 1 aromatic carbocycles. The lowest BCUT2D eigenvalue weighted by Gasteiger charge is -2.48. The molecule has 0 unspecified atom stereocenters. The highest BCUT2D eigenvalue weighted by atomic mass is 19.1. The first kappa shape index (κ1) is 50.0. The molecule has 1 saturated carbocycles. The van der Waals surface area contributed by atoms with Crippen molar-refractivity contribution in [1.82, 2.24) is 44.5 Å². The first-order chi connectivity index (χ1) is 36.8. The number of amides is 5. The Balaban J connectivity index is 0.722. The fourth-order valence-electron chi connectivity index (χ4n) is 13.6. The van der Waals surface area contributed by atoms with Gasteiger partial charge in [-0.2, -0.15) is 0 Å². The van der Waals surface area contributed by atoms with Gasteiger partial charge in [0, 0.05) is 92.6 Å². The predicted molar refractivity (Wildman–Crippen MR) is 286 cm³/mol. The highest BCUT2D eigenvalue weighted by Crippen LogP contribution is 2.53. The van der Waals surface area contributed by atoms with Gasteiger partial charge in [0.2, 0.25) is 29.5 Å². The van der Waals surface area contributed by atoms with Crippen molar-refractivity contribution in [3.8, 4) is 11.3 Å². The zero-order valence-corrected chi connectivity index (χ0v) is 44.0. The third kappa shape index (κ3) is 8.96. The number of nitrogens with one attached hydrogen (secondary N) is 2. The van der Waals surface area contributed by atoms with Crippen molar-refractivity contribution < 1.29 is 28.4 Å². The summed E-state index contributed by atoms with van der Waals surface area (Å²) in [6.45, 7) is 11.9. The van der Waals surface area contributed by atoms with Crippen molar-refractivity contribution in [2.24, 2.45) is 11.3 Å². The number of piperidine rings is 5. The van der Waals surface area contributed by atoms with E-state index in [2.05, 4.69) is 74.3 Å². The maximum Gasteiger partial charge on any atom is 0.238 e. The number of rotatable bonds is 10. The van der Waals surface area contributed by atoms with Crippen molar-refractivity contribution in [3.05, 3.63) is 84.5 Å². The van der Waals surface area contributed by atoms with Gasteiger partial charge in [0.15, 0.2) is 11.6 Å². The summed E-state index contributed by atoms with van der Waals surface area (Å²) in [6, 6.07) is 14.3. The molecule has 0 radical (unpaired) electrons. The minimum atomic E-state index is -0.762. The molecule has 1 aliphatic carbocycles. The zero-order chi connectivity index (χ0) is 52.5. The standard InChI is InChI=1S/C58H69FN12O5/c1-36(2)70-35-62-48-32-47(64-52(51(48)70)63-46-13-20-60-34-44(46)59)38-7-10-43-49(29-38)71(41-30-40(31-41)66-21-5-4-6-22-66)56(76)58(43)18-27-69(28-19-58)55(75)57(3)16-25-68(26-17-57)54(74)37-14-23-67(24-15-37)39-8-11-45(61-33-39)42-9-12-50(72)65-53(42)73/h7-8,10-11,13,20,29,32-37,40-42H,4-6,9,12,14-19,21-28,30-31H2,1-3H3,(H,60,63,64)(H,65,72,73)/t40?,41?,42-/m1/s1. The van der Waals surface area contributed by atoms with Crippen LogP contribution < -0.4 is 20.4 Å². The summed E-state index contributed by atoms with van der Waals surface area (Å²) >= 11 is 0. The second kappa shape index (κ2) is 20.0. The number of benzene rings is 1. The van der Waals surface area contributed by atoms with Gasteiger partial charge in [-0.15, -0.1) is 0 Å². The van der Waals surface area contributed by atoms with E-state index in [0.29, 0.717) is 88.0 Å². The lowest BCUT2D eigenvalue weighted by Crippen LogP contribution is -2.59. The molecule has 2 N–H and O–H groups in total. The van der Waals surface area contributed by atoms with Gasteiger partial charge in [0.05, 0.1) is 58.3 Å². The molecule has 1 spiro atoms. The summed E-state index contributed by atoms with van der Waals surface area (Å²) in [4.78, 5) is 97.3. The summed E-state index contributed by atoms with van der Waals surface area (Å²) in [5.74, 6) is -0.667. The number of halogens is 1. The van der Waals surface area contributed by atoms with Crippen LogP contribution >= 0.6 is 0 Å². The molecule has 0 bridgehead atoms. The van der Waals surface area contributed by atoms with Crippen LogP contribution in [0.5, 0.6) is 0 Å². The first-order valence-corrected chi connectivity index (χ1v) is 27.9. The average molecular weight is 1030 g/mol. The summed E-state index contributed by atoms with van der Waals surface area (Å²) in [6.07, 6.45) is 16.3. The van der Waals surface area contributed by atoms with Crippen LogP contribution in [-0.4, -0.2) is 133 Å². The van der Waals surface area contributed by atoms with E-state index in [0.717, 1.165) is 85.4 Å². The monoisotopic (exact) mass is 1030 g/mol. The molecule has 10 heterocycles. The smallest absolute Gasteiger partial charge is 0.238 e. The Morgan fingerprint density at radius 2 is 1.57 bits per heavy atom. The van der Waals surface area contributed by atoms with Crippen LogP contribution in [0, 0.1) is 17.2 Å². The van der Waals surface area contributed by atoms with Crippen LogP contribution in [0.25, 0.3) is 22.3 Å². The van der Waals surface area contributed by atoms with Gasteiger partial charge >= 0.3 is 0 Å². The van der Waals surface area contributed by atoms with Gasteiger partial charge in [0.25, 0.3) is 0 Å². The topological polar surface area (TPSA) is 182 Å². The summed E-state index contributed by atoms with van der Waals surface area (Å²) in [7, 11) is 0. The van der Waals surface area contributed by atoms with E-state index in [1.165, 1.54) is 25.5 Å². The largest absolute Gasteiger partial charge is 0.370 e. The normalized spacial score (nSPS) is 24.0. The lowest BCUT2D eigenvalue weighted by molar-refractivity contribution is -0.150. The number of fused-ring (bicyclic) bond motifs is 3. The molecule has 1 atom stereocenters. The van der Waals surface area contributed by atoms with E-state index in [-0.39, 0.29) is 53.2 Å². The molecule has 398 valence electrons. The predicted octanol–water partition coefficient (Wildman–Crippen LogP) is 7.64. The Morgan fingerprint density at radius 3 is 2.26 bits per heavy atom. The van der Waals surface area contributed by atoms with Crippen LogP contribution in [0.3, 0.4) is 0 Å². The Kier molecular flexibility index (Phi) is 13.1. The van der Waals surface area contributed by atoms with Gasteiger partial charge in [-0.1, -0.05) is 25.5 Å². The van der Waals surface area contributed by atoms with Crippen molar-refractivity contribution in [3.63, 3.8) is 0 Å². The van der Waals surface area contributed by atoms with Crippen LogP contribution in [0.15, 0.2) is 67.4 Å². The highest BCUT2D eigenvalue weighted by molar-refractivity contribution is 6.10. The third-order valence-electron chi connectivity index (χ3n) is 18.4. The number of aromatic nitrogens is 5. The second-order valence-electron chi connectivity index (χ2n) is 23.2. The van der Waals surface area contributed by atoms with E-state index in [1.54, 1.807) is 24.8 Å². The number of carbonyl (C=O) groups excluding carboxylic acids is 5. The van der Waals surface area contributed by atoms with E-state index >= 15 is 9.18 Å². The van der Waals surface area contributed by atoms with Crippen LogP contribution in [0.1, 0.15) is 127 Å². The fraction of sp³-hybridized carbons (Fsp3) is 0.534. The Labute approximate surface area is 443 Å². The SMILES string of the molecule is CC(C)n1cnc2cc(-c3ccc4c(c3)N(C3CC(N5CCCCC5)C3)C(=O)C43CCN(C(=O)C4(C)CCN(C(=O)C5CCN(c6ccc([C@H]7CCC(=O)NC7=O)nc6)CC5)CC4)CC3)nc(Nc3ccncc3F)c21. The minimum Gasteiger partial charge on any atom is -0.370 e. The van der Waals surface area contributed by atoms with Gasteiger partial charge in [0.1, 0.15) is 5.52 Å². The number of anilines is 4. The van der Waals surface area contributed by atoms with Crippen molar-refractivity contribution in [2.75, 3.05) is 67.5 Å². The highest BCUT2D eigenvalue weighted by Gasteiger charge is 2.56. The summed E-state index contributed by atoms with van der Waals surface area (Å²) in [5, 5.41) is 5.66. The molecule has 5 saturated heterocycles. The summed E-state index contributed by atoms with van der Waals surface area (Å²) in [5.41, 5.74) is 5.41. The molecule has 17 nitrogen and oxygen atoms in total. The van der Waals surface area contributed by atoms with Crippen LogP contribution in [-0.2, 0) is 29.4 Å². The zero-order valence-electron chi connectivity index (χ0n) is 44.0. The molecular weight excluding hydrogens is 964 g/mol. The number of imidazole rings is 1. The van der Waals surface area contributed by atoms with Gasteiger partial charge in [-0.25, -0.2) is 14.4 Å². The van der Waals surface area contributed by atoms with Crippen molar-refractivity contribution in [2.45, 2.75) is 134 Å². The number of pyridine rings is 3. The number of hydrogen-bond acceptors (Lipinski definition) is 12. The lowest BCUT2D eigenvalue weighted by atomic mass is 9.72. The maximum atomic E-state index is 15.3. The molecule has 7 aliphatic rings. The number of nitrogens with zero attached hydrogens (tertiary/aromatic N) is 10. The molecule has 76 heavy (non-hydrogen) atoms. The molecule has 18 heteroatoms. The number of likely N-dealkylation sites (tertiary alicyclic amines) is 3. The number of carbonyl (C=O) groups is 5. The Hall–Kier alpha value is -6.82. The number of imide groups is 1. The van der Waals surface area contributed by atoms with Gasteiger partial charge < -0.3 is 34.4 Å². The van der Waals surface area contributed by atoms with Crippen LogP contribution in [0.4, 0.5) is 27.3 Å². The van der Waals surface area contributed by atoms with E-state index < -0.39 is 22.6 Å². The Morgan fingerprint density at radius 1 is 0.816 bits per heavy atom. The molecule has 5 aromatic rings. The van der Waals surface area contributed by atoms with E-state index in [1.807, 2.05) is 32.6 Å². The molecule has 4 aromatic heterocycles. The van der Waals surface area contributed by atoms with Crippen molar-refractivity contribution in [1.29, 1.82) is 0 Å². The molecule has 12 rings (SSSR count). The molecule has 5 amide bonds. The molecule has 6 fully saturated rings. The average Bonchev–Trinajstić information content (AvgIpc) is 4.18. The van der Waals surface area contributed by atoms with E-state index in [4.69, 9.17) is 9.97 Å². The maximum absolute atomic E-state index is 15.3. The third-order valence-corrected chi connectivity index (χ3v) is 18.4. The minimum absolute atomic E-state index is 0.0686. The number of hydrogen-bond donors (Lipinski definition) is 2. The van der Waals surface area contributed by atoms with Crippen LogP contribution in [0.2, 0.25) is 0 Å². The first-order valence-electron chi connectivity index (χ1n) is 27.9. The fourth-order valence-corrected chi connectivity index (χ4v) is 13.6. The van der Waals surface area contributed by atoms with Crippen molar-refractivity contribution >= 4 is 63.4 Å². The Bertz CT molecular complexity index is 3070. The van der Waals surface area contributed by atoms with Gasteiger partial charge in [-0.05, 0) is 133 Å². The second-order valence-corrected chi connectivity index (χ2v) is 23.2. The molecular formula is C58H69FN12O5. The van der Waals surface area contributed by atoms with Gasteiger partial charge in [-0.3, -0.25) is 39.3 Å².